The number of hydrogen-bond donors (Lipinski definition) is 2. The number of nitrogens with one attached hydrogen (secondary N) is 2. The maximum Gasteiger partial charge on any atom is 0.191 e. The Morgan fingerprint density at radius 1 is 1.07 bits per heavy atom. The highest BCUT2D eigenvalue weighted by atomic mass is 35.5. The van der Waals surface area contributed by atoms with Crippen molar-refractivity contribution in [2.75, 3.05) is 5.32 Å². The molecule has 0 radical (unpaired) electrons. The summed E-state index contributed by atoms with van der Waals surface area (Å²) in [5.74, 6) is 0.723. The van der Waals surface area contributed by atoms with Crippen LogP contribution >= 0.6 is 23.8 Å². The minimum Gasteiger partial charge on any atom is -0.331 e. The van der Waals surface area contributed by atoms with Crippen LogP contribution in [0.4, 0.5) is 5.69 Å². The molecule has 0 aliphatic heterocycles. The minimum atomic E-state index is 0.443. The van der Waals surface area contributed by atoms with Gasteiger partial charge in [0.25, 0.3) is 0 Å². The van der Waals surface area contributed by atoms with Crippen LogP contribution in [-0.4, -0.2) is 10.8 Å². The van der Waals surface area contributed by atoms with Gasteiger partial charge in [-0.1, -0.05) is 61.2 Å². The van der Waals surface area contributed by atoms with Gasteiger partial charge in [0.15, 0.2) is 5.11 Å². The average Bonchev–Trinajstić information content (AvgIpc) is 2.70. The highest BCUT2D eigenvalue weighted by molar-refractivity contribution is 7.80. The third-order valence-electron chi connectivity index (χ3n) is 5.25. The summed E-state index contributed by atoms with van der Waals surface area (Å²) in [7, 11) is 0. The summed E-state index contributed by atoms with van der Waals surface area (Å²) in [6, 6.07) is 14.5. The zero-order valence-corrected chi connectivity index (χ0v) is 17.5. The maximum atomic E-state index is 6.14. The first kappa shape index (κ1) is 19.8. The van der Waals surface area contributed by atoms with Crippen LogP contribution in [0.2, 0.25) is 5.02 Å². The lowest BCUT2D eigenvalue weighted by Crippen LogP contribution is -2.25. The molecule has 2 aromatic rings. The number of halogens is 1. The van der Waals surface area contributed by atoms with E-state index in [4.69, 9.17) is 23.8 Å². The number of rotatable bonds is 4. The van der Waals surface area contributed by atoms with Crippen LogP contribution in [0.1, 0.15) is 61.6 Å². The van der Waals surface area contributed by atoms with E-state index >= 15 is 0 Å². The van der Waals surface area contributed by atoms with E-state index in [0.717, 1.165) is 28.4 Å². The summed E-state index contributed by atoms with van der Waals surface area (Å²) in [6.07, 6.45) is 6.73. The van der Waals surface area contributed by atoms with Crippen LogP contribution in [0.5, 0.6) is 0 Å². The average molecular weight is 400 g/mol. The van der Waals surface area contributed by atoms with Crippen LogP contribution in [0.15, 0.2) is 47.6 Å². The number of nitrogens with zero attached hydrogens (tertiary/aromatic N) is 1. The highest BCUT2D eigenvalue weighted by Crippen LogP contribution is 2.32. The standard InChI is InChI=1S/C22H26ClN3S/c1-15-20(23)9-6-10-21(15)24-22(27)26-25-16(2)17-11-13-19(14-12-17)18-7-4-3-5-8-18/h6,9-14,18H,3-5,7-8H2,1-2H3,(H2,24,26,27)/b25-16-. The zero-order valence-electron chi connectivity index (χ0n) is 15.9. The molecule has 2 N–H and O–H groups in total. The van der Waals surface area contributed by atoms with Crippen molar-refractivity contribution < 1.29 is 0 Å². The van der Waals surface area contributed by atoms with Gasteiger partial charge >= 0.3 is 0 Å². The van der Waals surface area contributed by atoms with Gasteiger partial charge in [0.2, 0.25) is 0 Å². The van der Waals surface area contributed by atoms with Gasteiger partial charge in [-0.3, -0.25) is 5.43 Å². The lowest BCUT2D eigenvalue weighted by atomic mass is 9.84. The molecule has 1 fully saturated rings. The van der Waals surface area contributed by atoms with E-state index < -0.39 is 0 Å². The van der Waals surface area contributed by atoms with Gasteiger partial charge in [0.1, 0.15) is 0 Å². The van der Waals surface area contributed by atoms with Crippen molar-refractivity contribution in [1.82, 2.24) is 5.43 Å². The topological polar surface area (TPSA) is 36.4 Å². The van der Waals surface area contributed by atoms with Gasteiger partial charge in [0, 0.05) is 10.7 Å². The second kappa shape index (κ2) is 9.34. The fourth-order valence-electron chi connectivity index (χ4n) is 3.52. The third kappa shape index (κ3) is 5.30. The quantitative estimate of drug-likeness (QED) is 0.354. The third-order valence-corrected chi connectivity index (χ3v) is 5.85. The van der Waals surface area contributed by atoms with Crippen LogP contribution in [-0.2, 0) is 0 Å². The molecule has 0 heterocycles. The van der Waals surface area contributed by atoms with Crippen LogP contribution in [0.3, 0.4) is 0 Å². The van der Waals surface area contributed by atoms with Gasteiger partial charge in [-0.15, -0.1) is 0 Å². The fourth-order valence-corrected chi connectivity index (χ4v) is 3.85. The highest BCUT2D eigenvalue weighted by Gasteiger charge is 2.15. The first-order chi connectivity index (χ1) is 13.0. The molecule has 0 atom stereocenters. The zero-order chi connectivity index (χ0) is 19.2. The van der Waals surface area contributed by atoms with E-state index in [2.05, 4.69) is 40.1 Å². The molecule has 2 aromatic carbocycles. The molecular weight excluding hydrogens is 374 g/mol. The molecule has 142 valence electrons. The predicted molar refractivity (Wildman–Crippen MR) is 120 cm³/mol. The van der Waals surface area contributed by atoms with E-state index in [-0.39, 0.29) is 0 Å². The summed E-state index contributed by atoms with van der Waals surface area (Å²) in [5, 5.41) is 8.71. The monoisotopic (exact) mass is 399 g/mol. The van der Waals surface area contributed by atoms with Crippen molar-refractivity contribution in [3.8, 4) is 0 Å². The second-order valence-corrected chi connectivity index (χ2v) is 7.95. The van der Waals surface area contributed by atoms with Gasteiger partial charge < -0.3 is 5.32 Å². The molecule has 0 spiro atoms. The Balaban J connectivity index is 1.59. The number of hydrazone groups is 1. The Bertz CT molecular complexity index is 824. The van der Waals surface area contributed by atoms with Gasteiger partial charge in [-0.05, 0) is 73.6 Å². The molecule has 1 aliphatic rings. The van der Waals surface area contributed by atoms with E-state index in [1.165, 1.54) is 37.7 Å². The summed E-state index contributed by atoms with van der Waals surface area (Å²) >= 11 is 11.5. The number of anilines is 1. The summed E-state index contributed by atoms with van der Waals surface area (Å²) in [5.41, 5.74) is 8.21. The van der Waals surface area contributed by atoms with Crippen molar-refractivity contribution in [3.63, 3.8) is 0 Å². The second-order valence-electron chi connectivity index (χ2n) is 7.13. The lowest BCUT2D eigenvalue weighted by Gasteiger charge is -2.22. The van der Waals surface area contributed by atoms with Crippen LogP contribution < -0.4 is 10.7 Å². The Kier molecular flexibility index (Phi) is 6.86. The molecule has 1 aliphatic carbocycles. The molecule has 0 bridgehead atoms. The largest absolute Gasteiger partial charge is 0.331 e. The maximum absolute atomic E-state index is 6.14. The van der Waals surface area contributed by atoms with Crippen molar-refractivity contribution in [2.45, 2.75) is 51.9 Å². The van der Waals surface area contributed by atoms with E-state index in [1.54, 1.807) is 0 Å². The SMILES string of the molecule is C/C(=N/NC(=S)Nc1cccc(Cl)c1C)c1ccc(C2CCCCC2)cc1. The molecular formula is C22H26ClN3S. The smallest absolute Gasteiger partial charge is 0.191 e. The molecule has 27 heavy (non-hydrogen) atoms. The number of benzene rings is 2. The first-order valence-corrected chi connectivity index (χ1v) is 10.3. The van der Waals surface area contributed by atoms with Gasteiger partial charge in [-0.2, -0.15) is 5.10 Å². The Morgan fingerprint density at radius 2 is 1.78 bits per heavy atom. The number of thiocarbonyl (C=S) groups is 1. The van der Waals surface area contributed by atoms with Gasteiger partial charge in [-0.25, -0.2) is 0 Å². The molecule has 0 unspecified atom stereocenters. The van der Waals surface area contributed by atoms with Crippen molar-refractivity contribution >= 4 is 40.3 Å². The molecule has 0 saturated heterocycles. The summed E-state index contributed by atoms with van der Waals surface area (Å²) in [6.45, 7) is 3.94. The van der Waals surface area contributed by atoms with Crippen molar-refractivity contribution in [2.24, 2.45) is 5.10 Å². The summed E-state index contributed by atoms with van der Waals surface area (Å²) < 4.78 is 0. The van der Waals surface area contributed by atoms with E-state index in [9.17, 15) is 0 Å². The van der Waals surface area contributed by atoms with E-state index in [1.807, 2.05) is 32.0 Å². The molecule has 3 rings (SSSR count). The Hall–Kier alpha value is -1.91. The van der Waals surface area contributed by atoms with E-state index in [0.29, 0.717) is 10.1 Å². The number of hydrogen-bond acceptors (Lipinski definition) is 2. The Labute approximate surface area is 172 Å². The van der Waals surface area contributed by atoms with Crippen molar-refractivity contribution in [3.05, 3.63) is 64.2 Å². The fraction of sp³-hybridized carbons (Fsp3) is 0.364. The summed E-state index contributed by atoms with van der Waals surface area (Å²) in [4.78, 5) is 0. The van der Waals surface area contributed by atoms with Gasteiger partial charge in [0.05, 0.1) is 5.71 Å². The molecule has 1 saturated carbocycles. The lowest BCUT2D eigenvalue weighted by molar-refractivity contribution is 0.443. The Morgan fingerprint density at radius 3 is 2.48 bits per heavy atom. The minimum absolute atomic E-state index is 0.443. The molecule has 3 nitrogen and oxygen atoms in total. The molecule has 0 amide bonds. The first-order valence-electron chi connectivity index (χ1n) is 9.51. The molecule has 0 aromatic heterocycles. The van der Waals surface area contributed by atoms with Crippen LogP contribution in [0, 0.1) is 6.92 Å². The van der Waals surface area contributed by atoms with Crippen LogP contribution in [0.25, 0.3) is 0 Å². The molecule has 5 heteroatoms. The van der Waals surface area contributed by atoms with Crippen molar-refractivity contribution in [1.29, 1.82) is 0 Å². The predicted octanol–water partition coefficient (Wildman–Crippen LogP) is 6.41. The normalized spacial score (nSPS) is 15.4.